The SMILES string of the molecule is O=C(c1cc(-c2ccccc2Cl)nc2ccccc12)N1CCCN(C(=O)c2cc(-c3ccccc3Cl)nc3ccccc23)CC1. The summed E-state index contributed by atoms with van der Waals surface area (Å²) < 4.78 is 0. The fraction of sp³-hybridized carbons (Fsp3) is 0.135. The minimum absolute atomic E-state index is 0.0911. The van der Waals surface area contributed by atoms with E-state index in [0.29, 0.717) is 65.2 Å². The van der Waals surface area contributed by atoms with E-state index in [1.165, 1.54) is 0 Å². The highest BCUT2D eigenvalue weighted by Gasteiger charge is 2.27. The first kappa shape index (κ1) is 29.0. The van der Waals surface area contributed by atoms with Crippen molar-refractivity contribution < 1.29 is 9.59 Å². The highest BCUT2D eigenvalue weighted by atomic mass is 35.5. The van der Waals surface area contributed by atoms with Gasteiger partial charge in [-0.2, -0.15) is 0 Å². The number of benzene rings is 4. The molecule has 4 aromatic carbocycles. The molecule has 0 spiro atoms. The summed E-state index contributed by atoms with van der Waals surface area (Å²) in [5.74, 6) is -0.182. The van der Waals surface area contributed by atoms with Gasteiger partial charge in [0.25, 0.3) is 11.8 Å². The molecule has 6 nitrogen and oxygen atoms in total. The van der Waals surface area contributed by atoms with Crippen LogP contribution < -0.4 is 0 Å². The van der Waals surface area contributed by atoms with E-state index in [1.807, 2.05) is 119 Å². The second-order valence-corrected chi connectivity index (χ2v) is 11.9. The third-order valence-corrected chi connectivity index (χ3v) is 8.92. The van der Waals surface area contributed by atoms with Crippen molar-refractivity contribution in [2.24, 2.45) is 0 Å². The fourth-order valence-electron chi connectivity index (χ4n) is 5.98. The van der Waals surface area contributed by atoms with Crippen LogP contribution in [0.3, 0.4) is 0 Å². The van der Waals surface area contributed by atoms with Gasteiger partial charge in [0.1, 0.15) is 0 Å². The second kappa shape index (κ2) is 12.3. The maximum Gasteiger partial charge on any atom is 0.254 e. The van der Waals surface area contributed by atoms with Crippen molar-refractivity contribution in [3.05, 3.63) is 130 Å². The number of fused-ring (bicyclic) bond motifs is 2. The van der Waals surface area contributed by atoms with Crippen LogP contribution in [0, 0.1) is 0 Å². The van der Waals surface area contributed by atoms with Crippen LogP contribution in [0.25, 0.3) is 44.3 Å². The molecule has 6 aromatic rings. The number of pyridine rings is 2. The number of carbonyl (C=O) groups is 2. The molecule has 7 rings (SSSR count). The number of halogens is 2. The van der Waals surface area contributed by atoms with Gasteiger partial charge >= 0.3 is 0 Å². The van der Waals surface area contributed by atoms with Crippen LogP contribution in [0.4, 0.5) is 0 Å². The molecule has 0 aliphatic carbocycles. The Labute approximate surface area is 270 Å². The third-order valence-electron chi connectivity index (χ3n) is 8.26. The minimum atomic E-state index is -0.0911. The van der Waals surface area contributed by atoms with Crippen LogP contribution in [0.15, 0.2) is 109 Å². The van der Waals surface area contributed by atoms with E-state index < -0.39 is 0 Å². The zero-order valence-electron chi connectivity index (χ0n) is 24.3. The Hall–Kier alpha value is -4.78. The molecule has 1 saturated heterocycles. The third kappa shape index (κ3) is 5.63. The Morgan fingerprint density at radius 2 is 0.933 bits per heavy atom. The summed E-state index contributed by atoms with van der Waals surface area (Å²) in [7, 11) is 0. The number of amides is 2. The molecule has 0 radical (unpaired) electrons. The van der Waals surface area contributed by atoms with Crippen LogP contribution in [0.1, 0.15) is 27.1 Å². The van der Waals surface area contributed by atoms with E-state index in [9.17, 15) is 9.59 Å². The molecule has 2 amide bonds. The normalized spacial score (nSPS) is 13.6. The lowest BCUT2D eigenvalue weighted by atomic mass is 10.0. The van der Waals surface area contributed by atoms with Crippen molar-refractivity contribution >= 4 is 56.8 Å². The van der Waals surface area contributed by atoms with E-state index in [4.69, 9.17) is 33.2 Å². The van der Waals surface area contributed by atoms with Gasteiger partial charge in [-0.25, -0.2) is 9.97 Å². The van der Waals surface area contributed by atoms with Crippen molar-refractivity contribution in [1.82, 2.24) is 19.8 Å². The first-order valence-corrected chi connectivity index (χ1v) is 15.6. The number of para-hydroxylation sites is 2. The fourth-order valence-corrected chi connectivity index (χ4v) is 6.45. The van der Waals surface area contributed by atoms with Gasteiger partial charge in [-0.05, 0) is 42.8 Å². The molecule has 1 fully saturated rings. The first-order valence-electron chi connectivity index (χ1n) is 14.9. The second-order valence-electron chi connectivity index (χ2n) is 11.0. The van der Waals surface area contributed by atoms with Gasteiger partial charge < -0.3 is 9.80 Å². The van der Waals surface area contributed by atoms with Crippen LogP contribution >= 0.6 is 23.2 Å². The summed E-state index contributed by atoms with van der Waals surface area (Å²) in [4.78, 5) is 41.6. The molecule has 1 aliphatic rings. The summed E-state index contributed by atoms with van der Waals surface area (Å²) >= 11 is 13.0. The molecular formula is C37H28Cl2N4O2. The summed E-state index contributed by atoms with van der Waals surface area (Å²) in [6, 6.07) is 34.0. The molecule has 45 heavy (non-hydrogen) atoms. The molecule has 8 heteroatoms. The predicted molar refractivity (Wildman–Crippen MR) is 181 cm³/mol. The topological polar surface area (TPSA) is 66.4 Å². The zero-order chi connectivity index (χ0) is 30.9. The van der Waals surface area contributed by atoms with E-state index in [1.54, 1.807) is 0 Å². The maximum absolute atomic E-state index is 14.1. The average Bonchev–Trinajstić information content (AvgIpc) is 3.34. The van der Waals surface area contributed by atoms with Crippen LogP contribution in [0.2, 0.25) is 10.0 Å². The summed E-state index contributed by atoms with van der Waals surface area (Å²) in [5.41, 5.74) is 5.42. The first-order chi connectivity index (χ1) is 22.0. The van der Waals surface area contributed by atoms with Crippen LogP contribution in [-0.2, 0) is 0 Å². The number of nitrogens with zero attached hydrogens (tertiary/aromatic N) is 4. The van der Waals surface area contributed by atoms with Gasteiger partial charge in [-0.3, -0.25) is 9.59 Å². The van der Waals surface area contributed by atoms with Gasteiger partial charge in [0.2, 0.25) is 0 Å². The number of rotatable bonds is 4. The van der Waals surface area contributed by atoms with Crippen molar-refractivity contribution in [1.29, 1.82) is 0 Å². The maximum atomic E-state index is 14.1. The molecule has 2 aromatic heterocycles. The van der Waals surface area contributed by atoms with E-state index in [2.05, 4.69) is 0 Å². The molecule has 222 valence electrons. The number of hydrogen-bond acceptors (Lipinski definition) is 4. The zero-order valence-corrected chi connectivity index (χ0v) is 25.8. The monoisotopic (exact) mass is 630 g/mol. The van der Waals surface area contributed by atoms with Gasteiger partial charge in [0, 0.05) is 58.1 Å². The van der Waals surface area contributed by atoms with Crippen LogP contribution in [0.5, 0.6) is 0 Å². The molecule has 0 bridgehead atoms. The highest BCUT2D eigenvalue weighted by molar-refractivity contribution is 6.33. The van der Waals surface area contributed by atoms with Crippen molar-refractivity contribution in [3.8, 4) is 22.5 Å². The average molecular weight is 632 g/mol. The molecule has 0 unspecified atom stereocenters. The summed E-state index contributed by atoms with van der Waals surface area (Å²) in [5, 5.41) is 2.71. The Bertz CT molecular complexity index is 1950. The Morgan fingerprint density at radius 3 is 1.38 bits per heavy atom. The van der Waals surface area contributed by atoms with Crippen molar-refractivity contribution in [2.45, 2.75) is 6.42 Å². The smallest absolute Gasteiger partial charge is 0.254 e. The summed E-state index contributed by atoms with van der Waals surface area (Å²) in [6.45, 7) is 1.87. The van der Waals surface area contributed by atoms with E-state index >= 15 is 0 Å². The lowest BCUT2D eigenvalue weighted by Crippen LogP contribution is -2.37. The van der Waals surface area contributed by atoms with E-state index in [0.717, 1.165) is 32.9 Å². The Morgan fingerprint density at radius 1 is 0.533 bits per heavy atom. The standard InChI is InChI=1S/C37H28Cl2N4O2/c38-30-14-5-1-12-26(30)34-22-28(24-10-3-7-16-32(24)40-34)36(44)42-18-9-19-43(21-20-42)37(45)29-23-35(27-13-2-6-15-31(27)39)41-33-17-8-4-11-25(29)33/h1-8,10-17,22-23H,9,18-21H2. The van der Waals surface area contributed by atoms with Crippen LogP contribution in [-0.4, -0.2) is 57.8 Å². The summed E-state index contributed by atoms with van der Waals surface area (Å²) in [6.07, 6.45) is 0.651. The van der Waals surface area contributed by atoms with Gasteiger partial charge in [-0.15, -0.1) is 0 Å². The molecule has 1 aliphatic heterocycles. The van der Waals surface area contributed by atoms with E-state index in [-0.39, 0.29) is 11.8 Å². The van der Waals surface area contributed by atoms with Crippen molar-refractivity contribution in [3.63, 3.8) is 0 Å². The minimum Gasteiger partial charge on any atom is -0.337 e. The largest absolute Gasteiger partial charge is 0.337 e. The lowest BCUT2D eigenvalue weighted by Gasteiger charge is -2.23. The lowest BCUT2D eigenvalue weighted by molar-refractivity contribution is 0.0720. The highest BCUT2D eigenvalue weighted by Crippen LogP contribution is 2.32. The Kier molecular flexibility index (Phi) is 7.92. The number of aromatic nitrogens is 2. The van der Waals surface area contributed by atoms with Gasteiger partial charge in [-0.1, -0.05) is 96.0 Å². The number of carbonyl (C=O) groups excluding carboxylic acids is 2. The molecule has 0 N–H and O–H groups in total. The van der Waals surface area contributed by atoms with Crippen molar-refractivity contribution in [2.75, 3.05) is 26.2 Å². The van der Waals surface area contributed by atoms with Gasteiger partial charge in [0.15, 0.2) is 0 Å². The molecule has 0 saturated carbocycles. The molecule has 0 atom stereocenters. The Balaban J connectivity index is 1.19. The quantitative estimate of drug-likeness (QED) is 0.196. The predicted octanol–water partition coefficient (Wildman–Crippen LogP) is 8.41. The number of hydrogen-bond donors (Lipinski definition) is 0. The molecular weight excluding hydrogens is 603 g/mol. The van der Waals surface area contributed by atoms with Gasteiger partial charge in [0.05, 0.1) is 33.5 Å². The molecule has 3 heterocycles.